The monoisotopic (exact) mass is 244 g/mol. The normalized spacial score (nSPS) is 19.2. The maximum absolute atomic E-state index is 12.2. The fraction of sp³-hybridized carbons (Fsp3) is 0.500. The van der Waals surface area contributed by atoms with Crippen molar-refractivity contribution in [3.8, 4) is 0 Å². The molecule has 0 spiro atoms. The van der Waals surface area contributed by atoms with Gasteiger partial charge in [0.05, 0.1) is 6.54 Å². The van der Waals surface area contributed by atoms with E-state index in [1.54, 1.807) is 0 Å². The summed E-state index contributed by atoms with van der Waals surface area (Å²) in [6.07, 6.45) is -3.33. The molecule has 1 atom stereocenters. The fourth-order valence-electron chi connectivity index (χ4n) is 2.23. The van der Waals surface area contributed by atoms with E-state index >= 15 is 0 Å². The number of hydrogen-bond acceptors (Lipinski definition) is 2. The Kier molecular flexibility index (Phi) is 3.28. The van der Waals surface area contributed by atoms with Crippen LogP contribution in [-0.2, 0) is 6.42 Å². The minimum absolute atomic E-state index is 0.0692. The van der Waals surface area contributed by atoms with Gasteiger partial charge in [-0.15, -0.1) is 0 Å². The van der Waals surface area contributed by atoms with Crippen LogP contribution in [0.2, 0.25) is 0 Å². The highest BCUT2D eigenvalue weighted by molar-refractivity contribution is 5.56. The van der Waals surface area contributed by atoms with Gasteiger partial charge in [0, 0.05) is 18.3 Å². The van der Waals surface area contributed by atoms with E-state index in [2.05, 4.69) is 5.32 Å². The molecule has 1 unspecified atom stereocenters. The zero-order chi connectivity index (χ0) is 12.5. The molecular weight excluding hydrogens is 229 g/mol. The van der Waals surface area contributed by atoms with E-state index in [0.29, 0.717) is 6.54 Å². The van der Waals surface area contributed by atoms with Crippen molar-refractivity contribution in [2.75, 3.05) is 25.5 Å². The van der Waals surface area contributed by atoms with Crippen LogP contribution in [0.25, 0.3) is 0 Å². The highest BCUT2D eigenvalue weighted by Gasteiger charge is 2.30. The van der Waals surface area contributed by atoms with Gasteiger partial charge in [0.1, 0.15) is 0 Å². The zero-order valence-corrected chi connectivity index (χ0v) is 9.59. The van der Waals surface area contributed by atoms with Crippen molar-refractivity contribution in [1.82, 2.24) is 4.90 Å². The van der Waals surface area contributed by atoms with Crippen molar-refractivity contribution in [3.63, 3.8) is 0 Å². The number of benzene rings is 1. The van der Waals surface area contributed by atoms with Gasteiger partial charge in [0.25, 0.3) is 0 Å². The summed E-state index contributed by atoms with van der Waals surface area (Å²) >= 11 is 0. The van der Waals surface area contributed by atoms with Gasteiger partial charge in [-0.3, -0.25) is 4.90 Å². The SMILES string of the molecule is CN(CC1Cc2ccccc2N1)CC(F)(F)F. The van der Waals surface area contributed by atoms with Gasteiger partial charge in [-0.25, -0.2) is 0 Å². The molecule has 0 fully saturated rings. The molecule has 2 nitrogen and oxygen atoms in total. The Morgan fingerprint density at radius 3 is 2.71 bits per heavy atom. The molecule has 0 saturated heterocycles. The molecule has 2 rings (SSSR count). The van der Waals surface area contributed by atoms with Crippen molar-refractivity contribution in [3.05, 3.63) is 29.8 Å². The lowest BCUT2D eigenvalue weighted by atomic mass is 10.1. The van der Waals surface area contributed by atoms with E-state index in [-0.39, 0.29) is 6.04 Å². The molecule has 1 N–H and O–H groups in total. The lowest BCUT2D eigenvalue weighted by molar-refractivity contribution is -0.143. The molecular formula is C12H15F3N2. The largest absolute Gasteiger partial charge is 0.401 e. The summed E-state index contributed by atoms with van der Waals surface area (Å²) in [4.78, 5) is 1.31. The highest BCUT2D eigenvalue weighted by atomic mass is 19.4. The Morgan fingerprint density at radius 1 is 1.35 bits per heavy atom. The van der Waals surface area contributed by atoms with Crippen molar-refractivity contribution >= 4 is 5.69 Å². The maximum atomic E-state index is 12.2. The van der Waals surface area contributed by atoms with Crippen molar-refractivity contribution in [1.29, 1.82) is 0 Å². The first-order chi connectivity index (χ1) is 7.94. The summed E-state index contributed by atoms with van der Waals surface area (Å²) < 4.78 is 36.5. The Hall–Kier alpha value is -1.23. The van der Waals surface area contributed by atoms with E-state index in [0.717, 1.165) is 12.1 Å². The Labute approximate surface area is 98.4 Å². The lowest BCUT2D eigenvalue weighted by Gasteiger charge is -2.22. The highest BCUT2D eigenvalue weighted by Crippen LogP contribution is 2.25. The Bertz CT molecular complexity index is 365. The minimum Gasteiger partial charge on any atom is -0.380 e. The quantitative estimate of drug-likeness (QED) is 0.879. The molecule has 1 aromatic rings. The first-order valence-corrected chi connectivity index (χ1v) is 5.54. The Balaban J connectivity index is 1.87. The number of para-hydroxylation sites is 1. The predicted octanol–water partition coefficient (Wildman–Crippen LogP) is 2.52. The summed E-state index contributed by atoms with van der Waals surface area (Å²) in [5.41, 5.74) is 2.22. The van der Waals surface area contributed by atoms with Crippen LogP contribution in [0.15, 0.2) is 24.3 Å². The lowest BCUT2D eigenvalue weighted by Crippen LogP contribution is -2.38. The summed E-state index contributed by atoms with van der Waals surface area (Å²) in [7, 11) is 1.50. The third-order valence-corrected chi connectivity index (χ3v) is 2.82. The Morgan fingerprint density at radius 2 is 2.06 bits per heavy atom. The first-order valence-electron chi connectivity index (χ1n) is 5.54. The molecule has 0 saturated carbocycles. The van der Waals surface area contributed by atoms with Crippen LogP contribution in [0.3, 0.4) is 0 Å². The van der Waals surface area contributed by atoms with E-state index in [1.165, 1.54) is 17.5 Å². The molecule has 1 aliphatic heterocycles. The van der Waals surface area contributed by atoms with E-state index in [9.17, 15) is 13.2 Å². The first kappa shape index (κ1) is 12.2. The molecule has 1 aromatic carbocycles. The second-order valence-electron chi connectivity index (χ2n) is 4.51. The third-order valence-electron chi connectivity index (χ3n) is 2.82. The molecule has 0 aliphatic carbocycles. The van der Waals surface area contributed by atoms with Crippen molar-refractivity contribution in [2.45, 2.75) is 18.6 Å². The number of fused-ring (bicyclic) bond motifs is 1. The zero-order valence-electron chi connectivity index (χ0n) is 9.59. The van der Waals surface area contributed by atoms with E-state index < -0.39 is 12.7 Å². The molecule has 17 heavy (non-hydrogen) atoms. The van der Waals surface area contributed by atoms with Crippen LogP contribution in [0, 0.1) is 0 Å². The predicted molar refractivity (Wildman–Crippen MR) is 61.1 cm³/mol. The van der Waals surface area contributed by atoms with Gasteiger partial charge in [0.2, 0.25) is 0 Å². The second kappa shape index (κ2) is 4.56. The molecule has 1 heterocycles. The summed E-state index contributed by atoms with van der Waals surface area (Å²) in [6.45, 7) is -0.463. The summed E-state index contributed by atoms with van der Waals surface area (Å²) in [5, 5.41) is 3.24. The molecule has 0 amide bonds. The van der Waals surface area contributed by atoms with Gasteiger partial charge in [0.15, 0.2) is 0 Å². The number of nitrogens with zero attached hydrogens (tertiary/aromatic N) is 1. The smallest absolute Gasteiger partial charge is 0.380 e. The maximum Gasteiger partial charge on any atom is 0.401 e. The fourth-order valence-corrected chi connectivity index (χ4v) is 2.23. The summed E-state index contributed by atoms with van der Waals surface area (Å²) in [5.74, 6) is 0. The third kappa shape index (κ3) is 3.36. The standard InChI is InChI=1S/C12H15F3N2/c1-17(8-12(13,14)15)7-10-6-9-4-2-3-5-11(9)16-10/h2-5,10,16H,6-8H2,1H3. The number of alkyl halides is 3. The van der Waals surface area contributed by atoms with Gasteiger partial charge < -0.3 is 5.32 Å². The summed E-state index contributed by atoms with van der Waals surface area (Å²) in [6, 6.07) is 7.90. The number of halogens is 3. The molecule has 1 aliphatic rings. The molecule has 0 bridgehead atoms. The minimum atomic E-state index is -4.12. The van der Waals surface area contributed by atoms with Crippen LogP contribution < -0.4 is 5.32 Å². The van der Waals surface area contributed by atoms with Crippen LogP contribution >= 0.6 is 0 Å². The van der Waals surface area contributed by atoms with Gasteiger partial charge in [-0.05, 0) is 25.1 Å². The molecule has 0 aromatic heterocycles. The number of hydrogen-bond donors (Lipinski definition) is 1. The van der Waals surface area contributed by atoms with Gasteiger partial charge in [-0.2, -0.15) is 13.2 Å². The van der Waals surface area contributed by atoms with Gasteiger partial charge in [-0.1, -0.05) is 18.2 Å². The van der Waals surface area contributed by atoms with E-state index in [4.69, 9.17) is 0 Å². The van der Waals surface area contributed by atoms with Crippen LogP contribution in [0.4, 0.5) is 18.9 Å². The number of likely N-dealkylation sites (N-methyl/N-ethyl adjacent to an activating group) is 1. The molecule has 0 radical (unpaired) electrons. The van der Waals surface area contributed by atoms with Gasteiger partial charge >= 0.3 is 6.18 Å². The van der Waals surface area contributed by atoms with Crippen molar-refractivity contribution in [2.24, 2.45) is 0 Å². The molecule has 5 heteroatoms. The average molecular weight is 244 g/mol. The number of rotatable bonds is 3. The van der Waals surface area contributed by atoms with Crippen LogP contribution in [-0.4, -0.2) is 37.3 Å². The average Bonchev–Trinajstić information content (AvgIpc) is 2.55. The van der Waals surface area contributed by atoms with Crippen molar-refractivity contribution < 1.29 is 13.2 Å². The second-order valence-corrected chi connectivity index (χ2v) is 4.51. The number of nitrogens with one attached hydrogen (secondary N) is 1. The number of anilines is 1. The van der Waals surface area contributed by atoms with E-state index in [1.807, 2.05) is 24.3 Å². The van der Waals surface area contributed by atoms with Crippen LogP contribution in [0.1, 0.15) is 5.56 Å². The van der Waals surface area contributed by atoms with Crippen LogP contribution in [0.5, 0.6) is 0 Å². The topological polar surface area (TPSA) is 15.3 Å². The molecule has 94 valence electrons.